The monoisotopic (exact) mass is 213 g/mol. The van der Waals surface area contributed by atoms with Crippen molar-refractivity contribution >= 4 is 11.9 Å². The van der Waals surface area contributed by atoms with Gasteiger partial charge in [-0.3, -0.25) is 9.59 Å². The smallest absolute Gasteiger partial charge is 0.324 e. The number of H-pyrrole nitrogens is 1. The molecule has 5 N–H and O–H groups in total. The molecule has 0 saturated carbocycles. The van der Waals surface area contributed by atoms with Crippen LogP contribution in [0.2, 0.25) is 0 Å². The highest BCUT2D eigenvalue weighted by atomic mass is 16.4. The van der Waals surface area contributed by atoms with E-state index in [1.165, 1.54) is 12.5 Å². The van der Waals surface area contributed by atoms with E-state index in [0.717, 1.165) is 0 Å². The summed E-state index contributed by atoms with van der Waals surface area (Å²) in [5.41, 5.74) is 4.18. The van der Waals surface area contributed by atoms with Crippen LogP contribution in [-0.2, 0) is 16.0 Å². The zero-order chi connectivity index (χ0) is 11.5. The lowest BCUT2D eigenvalue weighted by Gasteiger charge is -2.21. The standard InChI is InChI=1S/C8H11N3O4/c9-8(7(14)15,2-6(12)13)1-5-3-10-4-11-5/h3-4H,1-2,9H2,(H,10,11)(H,12,13)(H,14,15)/t8-/m1/s1. The van der Waals surface area contributed by atoms with Crippen molar-refractivity contribution < 1.29 is 19.8 Å². The van der Waals surface area contributed by atoms with Crippen LogP contribution in [0.5, 0.6) is 0 Å². The molecule has 1 heterocycles. The van der Waals surface area contributed by atoms with Gasteiger partial charge >= 0.3 is 11.9 Å². The number of aromatic nitrogens is 2. The molecule has 0 amide bonds. The number of nitrogens with zero attached hydrogens (tertiary/aromatic N) is 1. The van der Waals surface area contributed by atoms with Crippen LogP contribution < -0.4 is 5.73 Å². The predicted octanol–water partition coefficient (Wildman–Crippen LogP) is -0.791. The Kier molecular flexibility index (Phi) is 3.05. The van der Waals surface area contributed by atoms with E-state index in [4.69, 9.17) is 15.9 Å². The Balaban J connectivity index is 2.82. The normalized spacial score (nSPS) is 14.5. The Labute approximate surface area is 84.9 Å². The maximum Gasteiger partial charge on any atom is 0.324 e. The second-order valence-electron chi connectivity index (χ2n) is 3.29. The molecule has 0 aliphatic heterocycles. The van der Waals surface area contributed by atoms with E-state index in [-0.39, 0.29) is 6.42 Å². The van der Waals surface area contributed by atoms with Gasteiger partial charge in [-0.15, -0.1) is 0 Å². The van der Waals surface area contributed by atoms with Crippen LogP contribution in [0.1, 0.15) is 12.1 Å². The molecule has 1 aromatic heterocycles. The van der Waals surface area contributed by atoms with Gasteiger partial charge in [0, 0.05) is 18.3 Å². The first-order chi connectivity index (χ1) is 6.94. The van der Waals surface area contributed by atoms with Gasteiger partial charge in [-0.1, -0.05) is 0 Å². The number of aliphatic carboxylic acids is 2. The minimum Gasteiger partial charge on any atom is -0.481 e. The van der Waals surface area contributed by atoms with Gasteiger partial charge < -0.3 is 20.9 Å². The van der Waals surface area contributed by atoms with Crippen LogP contribution in [-0.4, -0.2) is 37.7 Å². The molecule has 7 nitrogen and oxygen atoms in total. The van der Waals surface area contributed by atoms with E-state index < -0.39 is 23.9 Å². The first kappa shape index (κ1) is 11.2. The quantitative estimate of drug-likeness (QED) is 0.507. The van der Waals surface area contributed by atoms with Crippen LogP contribution in [0.4, 0.5) is 0 Å². The van der Waals surface area contributed by atoms with Gasteiger partial charge in [0.15, 0.2) is 0 Å². The molecule has 15 heavy (non-hydrogen) atoms. The number of nitrogens with one attached hydrogen (secondary N) is 1. The molecule has 7 heteroatoms. The molecular weight excluding hydrogens is 202 g/mol. The summed E-state index contributed by atoms with van der Waals surface area (Å²) in [5, 5.41) is 17.4. The third-order valence-corrected chi connectivity index (χ3v) is 1.95. The lowest BCUT2D eigenvalue weighted by Crippen LogP contribution is -2.51. The molecule has 0 aliphatic carbocycles. The fourth-order valence-corrected chi connectivity index (χ4v) is 1.20. The molecule has 0 fully saturated rings. The van der Waals surface area contributed by atoms with Crippen LogP contribution in [0, 0.1) is 0 Å². The highest BCUT2D eigenvalue weighted by Gasteiger charge is 2.37. The molecule has 0 radical (unpaired) electrons. The number of nitrogens with two attached hydrogens (primary N) is 1. The Hall–Kier alpha value is -1.89. The highest BCUT2D eigenvalue weighted by molar-refractivity contribution is 5.85. The molecular formula is C8H11N3O4. The van der Waals surface area contributed by atoms with Gasteiger partial charge in [0.2, 0.25) is 0 Å². The number of hydrogen-bond donors (Lipinski definition) is 4. The fourth-order valence-electron chi connectivity index (χ4n) is 1.20. The van der Waals surface area contributed by atoms with Gasteiger partial charge in [-0.25, -0.2) is 4.98 Å². The Morgan fingerprint density at radius 3 is 2.60 bits per heavy atom. The number of rotatable bonds is 5. The summed E-state index contributed by atoms with van der Waals surface area (Å²) in [5.74, 6) is -2.60. The van der Waals surface area contributed by atoms with Gasteiger partial charge in [0.1, 0.15) is 5.54 Å². The summed E-state index contributed by atoms with van der Waals surface area (Å²) >= 11 is 0. The van der Waals surface area contributed by atoms with E-state index in [1.807, 2.05) is 0 Å². The largest absolute Gasteiger partial charge is 0.481 e. The first-order valence-electron chi connectivity index (χ1n) is 4.15. The van der Waals surface area contributed by atoms with E-state index in [1.54, 1.807) is 0 Å². The van der Waals surface area contributed by atoms with Crippen molar-refractivity contribution in [2.24, 2.45) is 5.73 Å². The van der Waals surface area contributed by atoms with Crippen LogP contribution in [0.3, 0.4) is 0 Å². The SMILES string of the molecule is N[C@@](CC(=O)O)(Cc1cnc[nH]1)C(=O)O. The maximum atomic E-state index is 10.9. The number of hydrogen-bond acceptors (Lipinski definition) is 4. The van der Waals surface area contributed by atoms with Crippen molar-refractivity contribution in [3.8, 4) is 0 Å². The number of carboxylic acids is 2. The fraction of sp³-hybridized carbons (Fsp3) is 0.375. The summed E-state index contributed by atoms with van der Waals surface area (Å²) in [4.78, 5) is 27.7. The Bertz CT molecular complexity index is 362. The second-order valence-corrected chi connectivity index (χ2v) is 3.29. The topological polar surface area (TPSA) is 129 Å². The summed E-state index contributed by atoms with van der Waals surface area (Å²) in [6.07, 6.45) is 2.04. The van der Waals surface area contributed by atoms with Crippen LogP contribution in [0.25, 0.3) is 0 Å². The zero-order valence-corrected chi connectivity index (χ0v) is 7.80. The Morgan fingerprint density at radius 2 is 2.20 bits per heavy atom. The minimum absolute atomic E-state index is 0.103. The van der Waals surface area contributed by atoms with E-state index in [2.05, 4.69) is 9.97 Å². The lowest BCUT2D eigenvalue weighted by molar-refractivity contribution is -0.149. The van der Waals surface area contributed by atoms with Crippen molar-refractivity contribution in [2.75, 3.05) is 0 Å². The molecule has 1 rings (SSSR count). The lowest BCUT2D eigenvalue weighted by atomic mass is 9.91. The summed E-state index contributed by atoms with van der Waals surface area (Å²) in [6, 6.07) is 0. The molecule has 82 valence electrons. The zero-order valence-electron chi connectivity index (χ0n) is 7.80. The van der Waals surface area contributed by atoms with Gasteiger partial charge in [-0.05, 0) is 0 Å². The molecule has 0 bridgehead atoms. The molecule has 0 spiro atoms. The number of aromatic amines is 1. The van der Waals surface area contributed by atoms with E-state index in [9.17, 15) is 9.59 Å². The van der Waals surface area contributed by atoms with Crippen LogP contribution >= 0.6 is 0 Å². The summed E-state index contributed by atoms with van der Waals surface area (Å²) < 4.78 is 0. The average Bonchev–Trinajstić information content (AvgIpc) is 2.54. The second kappa shape index (κ2) is 4.09. The van der Waals surface area contributed by atoms with E-state index in [0.29, 0.717) is 5.69 Å². The van der Waals surface area contributed by atoms with Gasteiger partial charge in [0.05, 0.1) is 12.7 Å². The Morgan fingerprint density at radius 1 is 1.53 bits per heavy atom. The third kappa shape index (κ3) is 2.78. The molecule has 1 aromatic rings. The molecule has 0 aromatic carbocycles. The number of imidazole rings is 1. The maximum absolute atomic E-state index is 10.9. The number of carbonyl (C=O) groups is 2. The first-order valence-corrected chi connectivity index (χ1v) is 4.15. The summed E-state index contributed by atoms with van der Waals surface area (Å²) in [6.45, 7) is 0. The summed E-state index contributed by atoms with van der Waals surface area (Å²) in [7, 11) is 0. The molecule has 1 atom stereocenters. The van der Waals surface area contributed by atoms with Crippen molar-refractivity contribution in [3.63, 3.8) is 0 Å². The number of carboxylic acid groups (broad SMARTS) is 2. The minimum atomic E-state index is -1.81. The van der Waals surface area contributed by atoms with Crippen molar-refractivity contribution in [1.29, 1.82) is 0 Å². The van der Waals surface area contributed by atoms with Gasteiger partial charge in [0.25, 0.3) is 0 Å². The van der Waals surface area contributed by atoms with Crippen LogP contribution in [0.15, 0.2) is 12.5 Å². The van der Waals surface area contributed by atoms with Gasteiger partial charge in [-0.2, -0.15) is 0 Å². The molecule has 0 saturated heterocycles. The van der Waals surface area contributed by atoms with E-state index >= 15 is 0 Å². The highest BCUT2D eigenvalue weighted by Crippen LogP contribution is 2.13. The van der Waals surface area contributed by atoms with Crippen molar-refractivity contribution in [3.05, 3.63) is 18.2 Å². The molecule has 0 aliphatic rings. The van der Waals surface area contributed by atoms with Crippen molar-refractivity contribution in [2.45, 2.75) is 18.4 Å². The predicted molar refractivity (Wildman–Crippen MR) is 49.1 cm³/mol. The average molecular weight is 213 g/mol. The third-order valence-electron chi connectivity index (χ3n) is 1.95. The molecule has 0 unspecified atom stereocenters. The van der Waals surface area contributed by atoms with Crippen molar-refractivity contribution in [1.82, 2.24) is 9.97 Å².